The molecule has 0 heterocycles. The molecule has 34 heavy (non-hydrogen) atoms. The van der Waals surface area contributed by atoms with Crippen LogP contribution in [0.4, 0.5) is 4.39 Å². The fourth-order valence-corrected chi connectivity index (χ4v) is 7.37. The molecule has 0 bridgehead atoms. The van der Waals surface area contributed by atoms with Crippen LogP contribution in [0, 0.1) is 17.7 Å². The Morgan fingerprint density at radius 1 is 0.853 bits per heavy atom. The van der Waals surface area contributed by atoms with Crippen LogP contribution in [-0.4, -0.2) is 0 Å². The van der Waals surface area contributed by atoms with Gasteiger partial charge in [0.1, 0.15) is 5.82 Å². The van der Waals surface area contributed by atoms with Gasteiger partial charge < -0.3 is 0 Å². The second-order valence-electron chi connectivity index (χ2n) is 10.6. The number of rotatable bonds is 4. The molecule has 0 nitrogen and oxygen atoms in total. The first-order valence-corrected chi connectivity index (χ1v) is 14.6. The van der Waals surface area contributed by atoms with Gasteiger partial charge in [0, 0.05) is 9.89 Å². The molecular formula is C32H48BrF. The van der Waals surface area contributed by atoms with Crippen molar-refractivity contribution in [3.8, 4) is 0 Å². The van der Waals surface area contributed by atoms with Crippen LogP contribution in [-0.2, 0) is 23.7 Å². The summed E-state index contributed by atoms with van der Waals surface area (Å²) in [6.07, 6.45) is 10.0. The van der Waals surface area contributed by atoms with Crippen LogP contribution >= 0.6 is 15.9 Å². The average Bonchev–Trinajstić information content (AvgIpc) is 2.85. The van der Waals surface area contributed by atoms with Gasteiger partial charge in [-0.05, 0) is 109 Å². The van der Waals surface area contributed by atoms with Gasteiger partial charge in [0.15, 0.2) is 0 Å². The first-order valence-electron chi connectivity index (χ1n) is 13.8. The first-order chi connectivity index (χ1) is 16.2. The second kappa shape index (κ2) is 12.7. The number of aryl methyl sites for hydroxylation is 1. The summed E-state index contributed by atoms with van der Waals surface area (Å²) in [4.78, 5) is 0. The molecule has 0 amide bonds. The minimum absolute atomic E-state index is 0.0867. The summed E-state index contributed by atoms with van der Waals surface area (Å²) in [5.41, 5.74) is 6.42. The molecule has 0 saturated heterocycles. The van der Waals surface area contributed by atoms with Crippen molar-refractivity contribution in [2.45, 2.75) is 118 Å². The Bertz CT molecular complexity index is 899. The van der Waals surface area contributed by atoms with Crippen LogP contribution in [0.15, 0.2) is 40.9 Å². The molecule has 2 heteroatoms. The lowest BCUT2D eigenvalue weighted by atomic mass is 9.58. The Morgan fingerprint density at radius 2 is 1.47 bits per heavy atom. The Morgan fingerprint density at radius 3 is 2.06 bits per heavy atom. The lowest BCUT2D eigenvalue weighted by Gasteiger charge is -2.46. The minimum atomic E-state index is -0.0867. The van der Waals surface area contributed by atoms with Crippen LogP contribution < -0.4 is 0 Å². The van der Waals surface area contributed by atoms with E-state index in [1.54, 1.807) is 23.3 Å². The van der Waals surface area contributed by atoms with Crippen molar-refractivity contribution in [1.29, 1.82) is 0 Å². The molecule has 2 aliphatic rings. The van der Waals surface area contributed by atoms with E-state index in [0.717, 1.165) is 6.42 Å². The van der Waals surface area contributed by atoms with E-state index >= 15 is 0 Å². The maximum Gasteiger partial charge on any atom is 0.123 e. The Kier molecular flexibility index (Phi) is 10.9. The van der Waals surface area contributed by atoms with Gasteiger partial charge in [-0.3, -0.25) is 0 Å². The molecule has 4 rings (SSSR count). The minimum Gasteiger partial charge on any atom is -0.207 e. The second-order valence-corrected chi connectivity index (χ2v) is 11.5. The van der Waals surface area contributed by atoms with Gasteiger partial charge in [0.2, 0.25) is 0 Å². The highest BCUT2D eigenvalue weighted by atomic mass is 79.9. The third-order valence-corrected chi connectivity index (χ3v) is 9.54. The Hall–Kier alpha value is -1.15. The summed E-state index contributed by atoms with van der Waals surface area (Å²) < 4.78 is 14.9. The van der Waals surface area contributed by atoms with E-state index in [-0.39, 0.29) is 11.2 Å². The molecule has 0 radical (unpaired) electrons. The van der Waals surface area contributed by atoms with E-state index in [0.29, 0.717) is 17.3 Å². The summed E-state index contributed by atoms with van der Waals surface area (Å²) in [7, 11) is 0. The highest BCUT2D eigenvalue weighted by Crippen LogP contribution is 2.48. The number of hydrogen-bond donors (Lipinski definition) is 0. The van der Waals surface area contributed by atoms with E-state index in [9.17, 15) is 4.39 Å². The van der Waals surface area contributed by atoms with Crippen molar-refractivity contribution in [1.82, 2.24) is 0 Å². The molecule has 0 aliphatic heterocycles. The quantitative estimate of drug-likeness (QED) is 0.368. The van der Waals surface area contributed by atoms with Crippen LogP contribution in [0.5, 0.6) is 0 Å². The molecule has 0 spiro atoms. The third kappa shape index (κ3) is 5.63. The van der Waals surface area contributed by atoms with E-state index in [1.807, 2.05) is 19.9 Å². The summed E-state index contributed by atoms with van der Waals surface area (Å²) >= 11 is 3.69. The van der Waals surface area contributed by atoms with E-state index in [4.69, 9.17) is 0 Å². The Balaban J connectivity index is 0.000000225. The fourth-order valence-electron chi connectivity index (χ4n) is 6.80. The van der Waals surface area contributed by atoms with Crippen LogP contribution in [0.25, 0.3) is 0 Å². The van der Waals surface area contributed by atoms with Crippen molar-refractivity contribution in [3.63, 3.8) is 0 Å². The zero-order chi connectivity index (χ0) is 25.5. The van der Waals surface area contributed by atoms with Crippen LogP contribution in [0.1, 0.15) is 116 Å². The number of halogens is 2. The molecule has 0 aromatic heterocycles. The number of fused-ring (bicyclic) bond motifs is 2. The summed E-state index contributed by atoms with van der Waals surface area (Å²) in [6.45, 7) is 17.8. The molecule has 0 atom stereocenters. The van der Waals surface area contributed by atoms with E-state index < -0.39 is 0 Å². The van der Waals surface area contributed by atoms with Crippen molar-refractivity contribution >= 4 is 15.9 Å². The normalized spacial score (nSPS) is 17.6. The largest absolute Gasteiger partial charge is 0.207 e. The van der Waals surface area contributed by atoms with Crippen molar-refractivity contribution in [3.05, 3.63) is 68.9 Å². The van der Waals surface area contributed by atoms with E-state index in [1.165, 1.54) is 60.5 Å². The standard InChI is InChI=1S/C16H23F.C14H19Br.C2H6/c1-11(2)16(12(3)4)9-5-6-13-7-8-14(17)10-15(13)16;1-3-14(4-2)10-6-7-11-12(14)8-5-9-13(11)15;1-2/h7-8,10-12H,5-6,9H2,1-4H3;5,8-9H,3-4,6-7,10H2,1-2H3;1-2H3. The highest BCUT2D eigenvalue weighted by molar-refractivity contribution is 9.10. The van der Waals surface area contributed by atoms with E-state index in [2.05, 4.69) is 75.7 Å². The molecular weight excluding hydrogens is 483 g/mol. The molecule has 2 aliphatic carbocycles. The molecule has 2 aromatic carbocycles. The maximum absolute atomic E-state index is 13.6. The predicted molar refractivity (Wildman–Crippen MR) is 151 cm³/mol. The van der Waals surface area contributed by atoms with Gasteiger partial charge in [-0.25, -0.2) is 4.39 Å². The lowest BCUT2D eigenvalue weighted by Crippen LogP contribution is -2.41. The number of benzene rings is 2. The summed E-state index contributed by atoms with van der Waals surface area (Å²) in [5, 5.41) is 0. The summed E-state index contributed by atoms with van der Waals surface area (Å²) in [6, 6.07) is 12.1. The SMILES string of the molecule is CC.CC(C)C1(C(C)C)CCCc2ccc(F)cc21.CCC1(CC)CCCc2c(Br)cccc21. The fraction of sp³-hybridized carbons (Fsp3) is 0.625. The molecule has 0 unspecified atom stereocenters. The zero-order valence-electron chi connectivity index (χ0n) is 23.0. The van der Waals surface area contributed by atoms with Crippen LogP contribution in [0.2, 0.25) is 0 Å². The van der Waals surface area contributed by atoms with Gasteiger partial charge in [-0.15, -0.1) is 0 Å². The van der Waals surface area contributed by atoms with Gasteiger partial charge in [0.25, 0.3) is 0 Å². The number of hydrogen-bond acceptors (Lipinski definition) is 0. The molecule has 190 valence electrons. The third-order valence-electron chi connectivity index (χ3n) is 8.80. The van der Waals surface area contributed by atoms with Crippen molar-refractivity contribution in [2.75, 3.05) is 0 Å². The molecule has 0 saturated carbocycles. The van der Waals surface area contributed by atoms with Crippen molar-refractivity contribution < 1.29 is 4.39 Å². The lowest BCUT2D eigenvalue weighted by molar-refractivity contribution is 0.185. The summed E-state index contributed by atoms with van der Waals surface area (Å²) in [5.74, 6) is 1.03. The van der Waals surface area contributed by atoms with Crippen molar-refractivity contribution in [2.24, 2.45) is 11.8 Å². The first kappa shape index (κ1) is 29.1. The topological polar surface area (TPSA) is 0 Å². The van der Waals surface area contributed by atoms with Gasteiger partial charge in [-0.2, -0.15) is 0 Å². The monoisotopic (exact) mass is 530 g/mol. The van der Waals surface area contributed by atoms with Gasteiger partial charge in [-0.1, -0.05) is 89.5 Å². The van der Waals surface area contributed by atoms with Gasteiger partial charge >= 0.3 is 0 Å². The zero-order valence-corrected chi connectivity index (χ0v) is 24.6. The van der Waals surface area contributed by atoms with Gasteiger partial charge in [0.05, 0.1) is 0 Å². The molecule has 2 aromatic rings. The smallest absolute Gasteiger partial charge is 0.123 e. The van der Waals surface area contributed by atoms with Crippen LogP contribution in [0.3, 0.4) is 0 Å². The predicted octanol–water partition coefficient (Wildman–Crippen LogP) is 10.6. The maximum atomic E-state index is 13.6. The molecule has 0 N–H and O–H groups in total. The molecule has 0 fully saturated rings. The Labute approximate surface area is 218 Å². The average molecular weight is 532 g/mol. The highest BCUT2D eigenvalue weighted by Gasteiger charge is 2.42.